The van der Waals surface area contributed by atoms with Gasteiger partial charge in [-0.15, -0.1) is 11.3 Å². The van der Waals surface area contributed by atoms with Crippen LogP contribution in [-0.4, -0.2) is 35.8 Å². The molecule has 0 spiro atoms. The first kappa shape index (κ1) is 19.1. The molecule has 2 amide bonds. The summed E-state index contributed by atoms with van der Waals surface area (Å²) in [7, 11) is 0. The van der Waals surface area contributed by atoms with Crippen LogP contribution >= 0.6 is 11.3 Å². The predicted octanol–water partition coefficient (Wildman–Crippen LogP) is 3.23. The number of rotatable bonds is 6. The Morgan fingerprint density at radius 2 is 2.07 bits per heavy atom. The first-order chi connectivity index (χ1) is 13.1. The summed E-state index contributed by atoms with van der Waals surface area (Å²) in [6.07, 6.45) is 1.16. The molecule has 2 heterocycles. The van der Waals surface area contributed by atoms with Gasteiger partial charge in [-0.2, -0.15) is 0 Å². The molecule has 1 aliphatic rings. The number of hydrogen-bond donors (Lipinski definition) is 1. The molecule has 3 rings (SSSR count). The van der Waals surface area contributed by atoms with Gasteiger partial charge in [0, 0.05) is 36.5 Å². The van der Waals surface area contributed by atoms with Crippen LogP contribution in [0, 0.1) is 0 Å². The highest BCUT2D eigenvalue weighted by molar-refractivity contribution is 7.10. The summed E-state index contributed by atoms with van der Waals surface area (Å²) in [4.78, 5) is 39.5. The van der Waals surface area contributed by atoms with Crippen molar-refractivity contribution in [3.05, 3.63) is 51.7 Å². The lowest BCUT2D eigenvalue weighted by atomic mass is 10.1. The van der Waals surface area contributed by atoms with Gasteiger partial charge in [0.05, 0.1) is 12.2 Å². The Morgan fingerprint density at radius 1 is 1.22 bits per heavy atom. The summed E-state index contributed by atoms with van der Waals surface area (Å²) in [6, 6.07) is 8.64. The van der Waals surface area contributed by atoms with Gasteiger partial charge in [0.2, 0.25) is 11.8 Å². The van der Waals surface area contributed by atoms with Gasteiger partial charge in [-0.25, -0.2) is 4.79 Å². The maximum atomic E-state index is 12.4. The number of carbonyl (C=O) groups is 3. The largest absolute Gasteiger partial charge is 0.462 e. The van der Waals surface area contributed by atoms with Gasteiger partial charge in [0.15, 0.2) is 0 Å². The smallest absolute Gasteiger partial charge is 0.338 e. The molecule has 0 saturated heterocycles. The third-order valence-corrected chi connectivity index (χ3v) is 5.41. The van der Waals surface area contributed by atoms with Gasteiger partial charge in [-0.3, -0.25) is 9.59 Å². The number of carbonyl (C=O) groups excluding carboxylic acids is 3. The predicted molar refractivity (Wildman–Crippen MR) is 104 cm³/mol. The van der Waals surface area contributed by atoms with Crippen LogP contribution in [0.5, 0.6) is 0 Å². The van der Waals surface area contributed by atoms with E-state index in [1.807, 2.05) is 4.90 Å². The number of fused-ring (bicyclic) bond motifs is 1. The van der Waals surface area contributed by atoms with Gasteiger partial charge < -0.3 is 15.0 Å². The molecule has 0 fully saturated rings. The highest BCUT2D eigenvalue weighted by Gasteiger charge is 2.21. The van der Waals surface area contributed by atoms with Crippen LogP contribution in [0.15, 0.2) is 35.7 Å². The van der Waals surface area contributed by atoms with Gasteiger partial charge in [-0.05, 0) is 48.6 Å². The van der Waals surface area contributed by atoms with Gasteiger partial charge in [0.1, 0.15) is 0 Å². The first-order valence-corrected chi connectivity index (χ1v) is 9.85. The summed E-state index contributed by atoms with van der Waals surface area (Å²) in [5.74, 6) is -0.693. The molecule has 1 aliphatic heterocycles. The summed E-state index contributed by atoms with van der Waals surface area (Å²) in [5.41, 5.74) is 2.10. The fourth-order valence-electron chi connectivity index (χ4n) is 3.00. The zero-order valence-electron chi connectivity index (χ0n) is 15.2. The second kappa shape index (κ2) is 8.81. The number of thiophene rings is 1. The molecule has 0 radical (unpaired) electrons. The van der Waals surface area contributed by atoms with E-state index in [0.29, 0.717) is 30.9 Å². The van der Waals surface area contributed by atoms with Gasteiger partial charge >= 0.3 is 5.97 Å². The van der Waals surface area contributed by atoms with Crippen molar-refractivity contribution >= 4 is 34.8 Å². The van der Waals surface area contributed by atoms with E-state index in [-0.39, 0.29) is 24.7 Å². The van der Waals surface area contributed by atoms with Crippen molar-refractivity contribution in [3.63, 3.8) is 0 Å². The monoisotopic (exact) mass is 386 g/mol. The second-order valence-corrected chi connectivity index (χ2v) is 7.28. The number of nitrogens with one attached hydrogen (secondary N) is 1. The van der Waals surface area contributed by atoms with E-state index < -0.39 is 5.97 Å². The number of benzene rings is 1. The van der Waals surface area contributed by atoms with Crippen LogP contribution in [0.4, 0.5) is 5.69 Å². The topological polar surface area (TPSA) is 75.7 Å². The molecule has 6 nitrogen and oxygen atoms in total. The lowest BCUT2D eigenvalue weighted by Gasteiger charge is -2.27. The Labute approximate surface area is 162 Å². The van der Waals surface area contributed by atoms with Crippen molar-refractivity contribution in [1.82, 2.24) is 4.90 Å². The standard InChI is InChI=1S/C20H22N2O4S/c1-2-26-20(25)14-4-3-5-16(12-14)21-18(23)6-7-19(24)22-10-8-17-15(13-22)9-11-27-17/h3-5,9,11-12H,2,6-8,10,13H2,1H3,(H,21,23). The number of hydrogen-bond acceptors (Lipinski definition) is 5. The third kappa shape index (κ3) is 4.95. The highest BCUT2D eigenvalue weighted by Crippen LogP contribution is 2.24. The summed E-state index contributed by atoms with van der Waals surface area (Å²) >= 11 is 1.73. The average Bonchev–Trinajstić information content (AvgIpc) is 3.14. The quantitative estimate of drug-likeness (QED) is 0.774. The van der Waals surface area contributed by atoms with Crippen molar-refractivity contribution in [2.75, 3.05) is 18.5 Å². The SMILES string of the molecule is CCOC(=O)c1cccc(NC(=O)CCC(=O)N2CCc3sccc3C2)c1. The summed E-state index contributed by atoms with van der Waals surface area (Å²) in [5, 5.41) is 4.79. The molecule has 27 heavy (non-hydrogen) atoms. The van der Waals surface area contributed by atoms with E-state index in [2.05, 4.69) is 16.8 Å². The molecule has 1 aromatic carbocycles. The molecule has 2 aromatic rings. The van der Waals surface area contributed by atoms with Crippen molar-refractivity contribution in [1.29, 1.82) is 0 Å². The van der Waals surface area contributed by atoms with Crippen molar-refractivity contribution in [2.45, 2.75) is 32.7 Å². The maximum absolute atomic E-state index is 12.4. The third-order valence-electron chi connectivity index (χ3n) is 4.38. The van der Waals surface area contributed by atoms with E-state index in [9.17, 15) is 14.4 Å². The lowest BCUT2D eigenvalue weighted by molar-refractivity contribution is -0.133. The van der Waals surface area contributed by atoms with Crippen LogP contribution in [0.3, 0.4) is 0 Å². The number of nitrogens with zero attached hydrogens (tertiary/aromatic N) is 1. The minimum atomic E-state index is -0.429. The van der Waals surface area contributed by atoms with Crippen molar-refractivity contribution < 1.29 is 19.1 Å². The van der Waals surface area contributed by atoms with E-state index >= 15 is 0 Å². The van der Waals surface area contributed by atoms with Crippen LogP contribution in [0.1, 0.15) is 40.6 Å². The minimum absolute atomic E-state index is 0.0118. The number of ether oxygens (including phenoxy) is 1. The van der Waals surface area contributed by atoms with E-state index in [1.165, 1.54) is 10.4 Å². The van der Waals surface area contributed by atoms with E-state index in [1.54, 1.807) is 42.5 Å². The lowest BCUT2D eigenvalue weighted by Crippen LogP contribution is -2.35. The molecular weight excluding hydrogens is 364 g/mol. The van der Waals surface area contributed by atoms with E-state index in [0.717, 1.165) is 6.42 Å². The molecule has 0 atom stereocenters. The number of anilines is 1. The van der Waals surface area contributed by atoms with Crippen LogP contribution in [-0.2, 0) is 27.3 Å². The molecule has 0 aliphatic carbocycles. The molecule has 1 aromatic heterocycles. The van der Waals surface area contributed by atoms with Gasteiger partial charge in [0.25, 0.3) is 0 Å². The second-order valence-electron chi connectivity index (χ2n) is 6.28. The highest BCUT2D eigenvalue weighted by atomic mass is 32.1. The van der Waals surface area contributed by atoms with Crippen molar-refractivity contribution in [3.8, 4) is 0 Å². The molecule has 0 saturated carbocycles. The number of amides is 2. The number of esters is 1. The molecular formula is C20H22N2O4S. The van der Waals surface area contributed by atoms with Gasteiger partial charge in [-0.1, -0.05) is 6.07 Å². The fraction of sp³-hybridized carbons (Fsp3) is 0.350. The maximum Gasteiger partial charge on any atom is 0.338 e. The first-order valence-electron chi connectivity index (χ1n) is 8.97. The van der Waals surface area contributed by atoms with E-state index in [4.69, 9.17) is 4.74 Å². The Balaban J connectivity index is 1.49. The molecule has 7 heteroatoms. The summed E-state index contributed by atoms with van der Waals surface area (Å²) in [6.45, 7) is 3.36. The summed E-state index contributed by atoms with van der Waals surface area (Å²) < 4.78 is 4.95. The molecule has 1 N–H and O–H groups in total. The van der Waals surface area contributed by atoms with Crippen LogP contribution in [0.25, 0.3) is 0 Å². The van der Waals surface area contributed by atoms with Crippen molar-refractivity contribution in [2.24, 2.45) is 0 Å². The average molecular weight is 386 g/mol. The Hall–Kier alpha value is -2.67. The molecule has 0 unspecified atom stereocenters. The molecule has 142 valence electrons. The van der Waals surface area contributed by atoms with Crippen LogP contribution < -0.4 is 5.32 Å². The van der Waals surface area contributed by atoms with Crippen LogP contribution in [0.2, 0.25) is 0 Å². The zero-order chi connectivity index (χ0) is 19.2. The molecule has 0 bridgehead atoms. The normalized spacial score (nSPS) is 13.0. The Bertz CT molecular complexity index is 846. The zero-order valence-corrected chi connectivity index (χ0v) is 16.0. The Morgan fingerprint density at radius 3 is 2.89 bits per heavy atom. The Kier molecular flexibility index (Phi) is 6.24. The minimum Gasteiger partial charge on any atom is -0.462 e. The fourth-order valence-corrected chi connectivity index (χ4v) is 3.89.